The Balaban J connectivity index is 2.14. The molecule has 0 radical (unpaired) electrons. The Kier molecular flexibility index (Phi) is 4.00. The molecule has 0 fully saturated rings. The lowest BCUT2D eigenvalue weighted by molar-refractivity contribution is 0.254. The van der Waals surface area contributed by atoms with Crippen molar-refractivity contribution < 1.29 is 0 Å². The van der Waals surface area contributed by atoms with E-state index in [1.165, 1.54) is 0 Å². The van der Waals surface area contributed by atoms with Crippen molar-refractivity contribution in [2.24, 2.45) is 5.41 Å². The maximum absolute atomic E-state index is 4.35. The second kappa shape index (κ2) is 5.53. The number of benzene rings is 1. The standard InChI is InChI=1S/C15H22N4/c1-15(2,10-19(3)4)9-16-14-12-7-5-6-8-13(12)17-11-18-14/h5-8,11H,9-10H2,1-4H3,(H,16,17,18). The molecule has 0 aliphatic rings. The number of rotatable bonds is 5. The van der Waals surface area contributed by atoms with Gasteiger partial charge in [-0.2, -0.15) is 0 Å². The molecule has 0 amide bonds. The molecular formula is C15H22N4. The molecule has 0 unspecified atom stereocenters. The Hall–Kier alpha value is -1.68. The molecule has 0 saturated carbocycles. The van der Waals surface area contributed by atoms with E-state index in [-0.39, 0.29) is 5.41 Å². The molecule has 4 heteroatoms. The first-order valence-corrected chi connectivity index (χ1v) is 6.56. The molecule has 4 nitrogen and oxygen atoms in total. The molecule has 102 valence electrons. The lowest BCUT2D eigenvalue weighted by atomic mass is 9.93. The molecule has 1 aromatic heterocycles. The van der Waals surface area contributed by atoms with Crippen molar-refractivity contribution in [3.8, 4) is 0 Å². The van der Waals surface area contributed by atoms with E-state index in [2.05, 4.69) is 54.2 Å². The van der Waals surface area contributed by atoms with Crippen LogP contribution < -0.4 is 5.32 Å². The number of fused-ring (bicyclic) bond motifs is 1. The lowest BCUT2D eigenvalue weighted by Gasteiger charge is -2.28. The molecule has 0 aliphatic heterocycles. The van der Waals surface area contributed by atoms with Crippen molar-refractivity contribution >= 4 is 16.7 Å². The number of nitrogens with zero attached hydrogens (tertiary/aromatic N) is 3. The van der Waals surface area contributed by atoms with Gasteiger partial charge in [-0.15, -0.1) is 0 Å². The first-order chi connectivity index (χ1) is 8.98. The number of hydrogen-bond donors (Lipinski definition) is 1. The van der Waals surface area contributed by atoms with E-state index >= 15 is 0 Å². The van der Waals surface area contributed by atoms with Crippen molar-refractivity contribution in [1.29, 1.82) is 0 Å². The molecule has 1 aromatic carbocycles. The van der Waals surface area contributed by atoms with E-state index in [0.717, 1.165) is 29.8 Å². The zero-order chi connectivity index (χ0) is 13.9. The molecule has 0 atom stereocenters. The number of anilines is 1. The van der Waals surface area contributed by atoms with Gasteiger partial charge >= 0.3 is 0 Å². The summed E-state index contributed by atoms with van der Waals surface area (Å²) >= 11 is 0. The Labute approximate surface area is 114 Å². The first-order valence-electron chi connectivity index (χ1n) is 6.56. The van der Waals surface area contributed by atoms with Crippen LogP contribution in [0.5, 0.6) is 0 Å². The highest BCUT2D eigenvalue weighted by Gasteiger charge is 2.19. The average Bonchev–Trinajstić information content (AvgIpc) is 2.35. The van der Waals surface area contributed by atoms with E-state index in [4.69, 9.17) is 0 Å². The fraction of sp³-hybridized carbons (Fsp3) is 0.467. The summed E-state index contributed by atoms with van der Waals surface area (Å²) in [5, 5.41) is 4.53. The van der Waals surface area contributed by atoms with Gasteiger partial charge in [-0.3, -0.25) is 0 Å². The van der Waals surface area contributed by atoms with Gasteiger partial charge in [0.05, 0.1) is 5.52 Å². The Bertz CT molecular complexity index is 543. The van der Waals surface area contributed by atoms with Crippen LogP contribution in [0.15, 0.2) is 30.6 Å². The quantitative estimate of drug-likeness (QED) is 0.895. The Morgan fingerprint density at radius 2 is 1.89 bits per heavy atom. The van der Waals surface area contributed by atoms with Crippen molar-refractivity contribution in [2.75, 3.05) is 32.5 Å². The molecule has 19 heavy (non-hydrogen) atoms. The van der Waals surface area contributed by atoms with Gasteiger partial charge in [0.2, 0.25) is 0 Å². The van der Waals surface area contributed by atoms with Crippen LogP contribution in [-0.4, -0.2) is 42.1 Å². The third-order valence-corrected chi connectivity index (χ3v) is 3.02. The lowest BCUT2D eigenvalue weighted by Crippen LogP contribution is -2.34. The largest absolute Gasteiger partial charge is 0.369 e. The van der Waals surface area contributed by atoms with Crippen molar-refractivity contribution in [3.63, 3.8) is 0 Å². The second-order valence-electron chi connectivity index (χ2n) is 5.99. The summed E-state index contributed by atoms with van der Waals surface area (Å²) in [6.07, 6.45) is 1.61. The number of aromatic nitrogens is 2. The van der Waals surface area contributed by atoms with Crippen LogP contribution >= 0.6 is 0 Å². The Morgan fingerprint density at radius 3 is 2.63 bits per heavy atom. The minimum atomic E-state index is 0.190. The predicted octanol–water partition coefficient (Wildman–Crippen LogP) is 2.63. The second-order valence-corrected chi connectivity index (χ2v) is 5.99. The number of para-hydroxylation sites is 1. The summed E-state index contributed by atoms with van der Waals surface area (Å²) in [6.45, 7) is 6.42. The van der Waals surface area contributed by atoms with E-state index in [0.29, 0.717) is 0 Å². The van der Waals surface area contributed by atoms with Gasteiger partial charge in [0.25, 0.3) is 0 Å². The minimum Gasteiger partial charge on any atom is -0.369 e. The van der Waals surface area contributed by atoms with Gasteiger partial charge in [-0.1, -0.05) is 26.0 Å². The third-order valence-electron chi connectivity index (χ3n) is 3.02. The summed E-state index contributed by atoms with van der Waals surface area (Å²) in [4.78, 5) is 10.8. The first kappa shape index (κ1) is 13.7. The van der Waals surface area contributed by atoms with Crippen LogP contribution in [0.25, 0.3) is 10.9 Å². The highest BCUT2D eigenvalue weighted by molar-refractivity contribution is 5.88. The van der Waals surface area contributed by atoms with Crippen LogP contribution in [0.4, 0.5) is 5.82 Å². The molecule has 1 N–H and O–H groups in total. The van der Waals surface area contributed by atoms with E-state index in [1.54, 1.807) is 6.33 Å². The average molecular weight is 258 g/mol. The summed E-state index contributed by atoms with van der Waals surface area (Å²) in [6, 6.07) is 8.07. The topological polar surface area (TPSA) is 41.0 Å². The summed E-state index contributed by atoms with van der Waals surface area (Å²) in [7, 11) is 4.20. The summed E-state index contributed by atoms with van der Waals surface area (Å²) in [5.41, 5.74) is 1.17. The number of hydrogen-bond acceptors (Lipinski definition) is 4. The SMILES string of the molecule is CN(C)CC(C)(C)CNc1ncnc2ccccc12. The van der Waals surface area contributed by atoms with Gasteiger partial charge in [-0.05, 0) is 31.6 Å². The molecule has 2 aromatic rings. The van der Waals surface area contributed by atoms with Gasteiger partial charge in [0, 0.05) is 18.5 Å². The molecule has 1 heterocycles. The highest BCUT2D eigenvalue weighted by atomic mass is 15.1. The van der Waals surface area contributed by atoms with Gasteiger partial charge in [0.15, 0.2) is 0 Å². The summed E-state index contributed by atoms with van der Waals surface area (Å²) < 4.78 is 0. The predicted molar refractivity (Wildman–Crippen MR) is 80.4 cm³/mol. The van der Waals surface area contributed by atoms with Crippen LogP contribution in [-0.2, 0) is 0 Å². The maximum Gasteiger partial charge on any atom is 0.137 e. The summed E-state index contributed by atoms with van der Waals surface area (Å²) in [5.74, 6) is 0.914. The molecule has 0 spiro atoms. The van der Waals surface area contributed by atoms with Crippen LogP contribution in [0.2, 0.25) is 0 Å². The monoisotopic (exact) mass is 258 g/mol. The zero-order valence-corrected chi connectivity index (χ0v) is 12.1. The van der Waals surface area contributed by atoms with Crippen molar-refractivity contribution in [1.82, 2.24) is 14.9 Å². The highest BCUT2D eigenvalue weighted by Crippen LogP contribution is 2.21. The van der Waals surface area contributed by atoms with E-state index in [1.807, 2.05) is 18.2 Å². The smallest absolute Gasteiger partial charge is 0.137 e. The van der Waals surface area contributed by atoms with Gasteiger partial charge in [-0.25, -0.2) is 9.97 Å². The maximum atomic E-state index is 4.35. The normalized spacial score (nSPS) is 12.1. The zero-order valence-electron chi connectivity index (χ0n) is 12.1. The fourth-order valence-corrected chi connectivity index (χ4v) is 2.38. The van der Waals surface area contributed by atoms with E-state index in [9.17, 15) is 0 Å². The van der Waals surface area contributed by atoms with Crippen LogP contribution in [0.1, 0.15) is 13.8 Å². The molecule has 2 rings (SSSR count). The molecule has 0 bridgehead atoms. The Morgan fingerprint density at radius 1 is 1.16 bits per heavy atom. The van der Waals surface area contributed by atoms with Gasteiger partial charge < -0.3 is 10.2 Å². The van der Waals surface area contributed by atoms with E-state index < -0.39 is 0 Å². The fourth-order valence-electron chi connectivity index (χ4n) is 2.38. The third kappa shape index (κ3) is 3.64. The van der Waals surface area contributed by atoms with Crippen molar-refractivity contribution in [3.05, 3.63) is 30.6 Å². The van der Waals surface area contributed by atoms with Crippen molar-refractivity contribution in [2.45, 2.75) is 13.8 Å². The molecule has 0 saturated heterocycles. The van der Waals surface area contributed by atoms with Crippen LogP contribution in [0, 0.1) is 5.41 Å². The van der Waals surface area contributed by atoms with Gasteiger partial charge in [0.1, 0.15) is 12.1 Å². The molecule has 0 aliphatic carbocycles. The molecular weight excluding hydrogens is 236 g/mol. The number of nitrogens with one attached hydrogen (secondary N) is 1. The van der Waals surface area contributed by atoms with Crippen LogP contribution in [0.3, 0.4) is 0 Å². The minimum absolute atomic E-state index is 0.190.